The molecule has 0 N–H and O–H groups in total. The molecule has 144 valence electrons. The summed E-state index contributed by atoms with van der Waals surface area (Å²) in [6, 6.07) is 5.11. The van der Waals surface area contributed by atoms with E-state index in [9.17, 15) is 14.9 Å². The summed E-state index contributed by atoms with van der Waals surface area (Å²) in [4.78, 5) is 29.8. The third kappa shape index (κ3) is 3.66. The van der Waals surface area contributed by atoms with Crippen molar-refractivity contribution in [3.63, 3.8) is 0 Å². The maximum Gasteiger partial charge on any atom is 0.376 e. The van der Waals surface area contributed by atoms with Crippen LogP contribution < -0.4 is 10.5 Å². The quantitative estimate of drug-likeness (QED) is 0.605. The Morgan fingerprint density at radius 3 is 2.48 bits per heavy atom. The second-order valence-corrected chi connectivity index (χ2v) is 7.36. The Kier molecular flexibility index (Phi) is 5.07. The van der Waals surface area contributed by atoms with Crippen molar-refractivity contribution in [2.24, 2.45) is 0 Å². The first-order valence-electron chi connectivity index (χ1n) is 9.69. The highest BCUT2D eigenvalue weighted by molar-refractivity contribution is 5.61. The fourth-order valence-electron chi connectivity index (χ4n) is 4.13. The van der Waals surface area contributed by atoms with Crippen molar-refractivity contribution in [3.05, 3.63) is 44.9 Å². The number of piperidine rings is 1. The SMILES string of the molecule is O=c1c([N+](=O)[O-])c(N2CCC(OC3CCCCC3)CC2)nc2ccccn12. The minimum Gasteiger partial charge on any atom is -0.375 e. The molecule has 27 heavy (non-hydrogen) atoms. The van der Waals surface area contributed by atoms with Gasteiger partial charge in [0.15, 0.2) is 0 Å². The van der Waals surface area contributed by atoms with Crippen LogP contribution >= 0.6 is 0 Å². The first kappa shape index (κ1) is 17.9. The Morgan fingerprint density at radius 1 is 1.07 bits per heavy atom. The van der Waals surface area contributed by atoms with Crippen molar-refractivity contribution >= 4 is 17.2 Å². The van der Waals surface area contributed by atoms with Crippen LogP contribution in [-0.4, -0.2) is 39.6 Å². The molecule has 2 fully saturated rings. The highest BCUT2D eigenvalue weighted by atomic mass is 16.6. The smallest absolute Gasteiger partial charge is 0.375 e. The van der Waals surface area contributed by atoms with Gasteiger partial charge in [0.1, 0.15) is 5.65 Å². The van der Waals surface area contributed by atoms with Crippen molar-refractivity contribution in [1.29, 1.82) is 0 Å². The molecule has 2 aromatic rings. The molecule has 0 bridgehead atoms. The van der Waals surface area contributed by atoms with Crippen LogP contribution in [0, 0.1) is 10.1 Å². The summed E-state index contributed by atoms with van der Waals surface area (Å²) >= 11 is 0. The van der Waals surface area contributed by atoms with E-state index in [1.54, 1.807) is 18.2 Å². The lowest BCUT2D eigenvalue weighted by molar-refractivity contribution is -0.385. The minimum atomic E-state index is -0.638. The molecule has 0 atom stereocenters. The molecule has 1 saturated carbocycles. The minimum absolute atomic E-state index is 0.173. The van der Waals surface area contributed by atoms with Gasteiger partial charge >= 0.3 is 11.2 Å². The van der Waals surface area contributed by atoms with E-state index >= 15 is 0 Å². The van der Waals surface area contributed by atoms with E-state index in [-0.39, 0.29) is 11.9 Å². The lowest BCUT2D eigenvalue weighted by Crippen LogP contribution is -2.40. The average Bonchev–Trinajstić information content (AvgIpc) is 2.69. The zero-order valence-corrected chi connectivity index (χ0v) is 15.2. The zero-order chi connectivity index (χ0) is 18.8. The fraction of sp³-hybridized carbons (Fsp3) is 0.579. The predicted molar refractivity (Wildman–Crippen MR) is 101 cm³/mol. The van der Waals surface area contributed by atoms with Gasteiger partial charge in [0.2, 0.25) is 5.82 Å². The number of rotatable bonds is 4. The van der Waals surface area contributed by atoms with Crippen LogP contribution in [0.5, 0.6) is 0 Å². The van der Waals surface area contributed by atoms with Crippen LogP contribution in [0.25, 0.3) is 5.65 Å². The summed E-state index contributed by atoms with van der Waals surface area (Å²) in [6.45, 7) is 1.21. The molecule has 0 radical (unpaired) electrons. The molecular formula is C19H24N4O4. The highest BCUT2D eigenvalue weighted by Gasteiger charge is 2.31. The van der Waals surface area contributed by atoms with Crippen LogP contribution in [0.2, 0.25) is 0 Å². The lowest BCUT2D eigenvalue weighted by Gasteiger charge is -2.35. The Morgan fingerprint density at radius 2 is 1.78 bits per heavy atom. The van der Waals surface area contributed by atoms with Crippen molar-refractivity contribution in [3.8, 4) is 0 Å². The first-order valence-corrected chi connectivity index (χ1v) is 9.69. The predicted octanol–water partition coefficient (Wildman–Crippen LogP) is 2.92. The number of hydrogen-bond acceptors (Lipinski definition) is 6. The van der Waals surface area contributed by atoms with Gasteiger partial charge in [0, 0.05) is 19.3 Å². The number of nitro groups is 1. The fourth-order valence-corrected chi connectivity index (χ4v) is 4.13. The van der Waals surface area contributed by atoms with Crippen molar-refractivity contribution in [2.75, 3.05) is 18.0 Å². The number of nitrogens with zero attached hydrogens (tertiary/aromatic N) is 4. The Labute approximate surface area is 156 Å². The molecule has 4 rings (SSSR count). The van der Waals surface area contributed by atoms with Crippen LogP contribution in [0.4, 0.5) is 11.5 Å². The summed E-state index contributed by atoms with van der Waals surface area (Å²) < 4.78 is 7.46. The normalized spacial score (nSPS) is 19.5. The molecule has 0 unspecified atom stereocenters. The monoisotopic (exact) mass is 372 g/mol. The van der Waals surface area contributed by atoms with Gasteiger partial charge in [-0.15, -0.1) is 0 Å². The molecule has 0 aromatic carbocycles. The van der Waals surface area contributed by atoms with E-state index in [1.807, 2.05) is 4.90 Å². The molecule has 8 heteroatoms. The van der Waals surface area contributed by atoms with Crippen LogP contribution in [0.3, 0.4) is 0 Å². The first-order chi connectivity index (χ1) is 13.1. The van der Waals surface area contributed by atoms with Crippen molar-refractivity contribution < 1.29 is 9.66 Å². The van der Waals surface area contributed by atoms with E-state index in [0.717, 1.165) is 25.7 Å². The number of hydrogen-bond donors (Lipinski definition) is 0. The molecule has 2 aliphatic rings. The summed E-state index contributed by atoms with van der Waals surface area (Å²) in [5.74, 6) is 0.173. The molecule has 1 aliphatic heterocycles. The Bertz CT molecular complexity index is 883. The van der Waals surface area contributed by atoms with E-state index in [1.165, 1.54) is 29.9 Å². The molecule has 8 nitrogen and oxygen atoms in total. The van der Waals surface area contributed by atoms with Gasteiger partial charge in [-0.1, -0.05) is 25.3 Å². The molecule has 1 aliphatic carbocycles. The third-order valence-electron chi connectivity index (χ3n) is 5.55. The maximum absolute atomic E-state index is 12.6. The topological polar surface area (TPSA) is 90.0 Å². The van der Waals surface area contributed by atoms with Gasteiger partial charge in [-0.2, -0.15) is 0 Å². The lowest BCUT2D eigenvalue weighted by atomic mass is 9.97. The van der Waals surface area contributed by atoms with E-state index < -0.39 is 16.2 Å². The number of pyridine rings is 1. The van der Waals surface area contributed by atoms with Gasteiger partial charge < -0.3 is 9.64 Å². The standard InChI is InChI=1S/C19H24N4O4/c24-19-17(23(25)26)18(20-16-8-4-5-11-22(16)19)21-12-9-15(10-13-21)27-14-6-2-1-3-7-14/h4-5,8,11,14-15H,1-3,6-7,9-10,12-13H2. The van der Waals surface area contributed by atoms with Gasteiger partial charge in [0.25, 0.3) is 0 Å². The second-order valence-electron chi connectivity index (χ2n) is 7.36. The van der Waals surface area contributed by atoms with Crippen molar-refractivity contribution in [1.82, 2.24) is 9.38 Å². The number of aromatic nitrogens is 2. The Hall–Kier alpha value is -2.48. The largest absolute Gasteiger partial charge is 0.376 e. The molecule has 2 aromatic heterocycles. The summed E-state index contributed by atoms with van der Waals surface area (Å²) in [7, 11) is 0. The zero-order valence-electron chi connectivity index (χ0n) is 15.2. The van der Waals surface area contributed by atoms with Crippen molar-refractivity contribution in [2.45, 2.75) is 57.2 Å². The molecule has 3 heterocycles. The molecular weight excluding hydrogens is 348 g/mol. The van der Waals surface area contributed by atoms with Gasteiger partial charge in [-0.05, 0) is 37.8 Å². The van der Waals surface area contributed by atoms with E-state index in [0.29, 0.717) is 24.8 Å². The van der Waals surface area contributed by atoms with Crippen LogP contribution in [-0.2, 0) is 4.74 Å². The number of anilines is 1. The average molecular weight is 372 g/mol. The summed E-state index contributed by atoms with van der Waals surface area (Å²) in [5.41, 5.74) is -0.671. The highest BCUT2D eigenvalue weighted by Crippen LogP contribution is 2.29. The van der Waals surface area contributed by atoms with Gasteiger partial charge in [-0.25, -0.2) is 4.98 Å². The third-order valence-corrected chi connectivity index (χ3v) is 5.55. The van der Waals surface area contributed by atoms with E-state index in [4.69, 9.17) is 4.74 Å². The van der Waals surface area contributed by atoms with Gasteiger partial charge in [-0.3, -0.25) is 19.3 Å². The number of fused-ring (bicyclic) bond motifs is 1. The molecule has 0 spiro atoms. The van der Waals surface area contributed by atoms with E-state index in [2.05, 4.69) is 4.98 Å². The molecule has 0 amide bonds. The number of ether oxygens (including phenoxy) is 1. The summed E-state index contributed by atoms with van der Waals surface area (Å²) in [5, 5.41) is 11.6. The van der Waals surface area contributed by atoms with Crippen LogP contribution in [0.15, 0.2) is 29.2 Å². The van der Waals surface area contributed by atoms with Gasteiger partial charge in [0.05, 0.1) is 17.1 Å². The Balaban J connectivity index is 1.54. The maximum atomic E-state index is 12.6. The summed E-state index contributed by atoms with van der Waals surface area (Å²) in [6.07, 6.45) is 9.67. The molecule has 1 saturated heterocycles. The van der Waals surface area contributed by atoms with Crippen LogP contribution in [0.1, 0.15) is 44.9 Å². The second kappa shape index (κ2) is 7.64.